The third kappa shape index (κ3) is 3.40. The minimum Gasteiger partial charge on any atom is -0.481 e. The monoisotopic (exact) mass is 318 g/mol. The molecule has 1 aliphatic heterocycles. The van der Waals surface area contributed by atoms with Crippen LogP contribution in [0.2, 0.25) is 0 Å². The predicted molar refractivity (Wildman–Crippen MR) is 80.6 cm³/mol. The molecule has 1 saturated carbocycles. The summed E-state index contributed by atoms with van der Waals surface area (Å²) in [6.07, 6.45) is 3.73. The van der Waals surface area contributed by atoms with Crippen LogP contribution >= 0.6 is 0 Å². The lowest BCUT2D eigenvalue weighted by molar-refractivity contribution is -0.141. The number of rotatable bonds is 6. The molecule has 21 heavy (non-hydrogen) atoms. The van der Waals surface area contributed by atoms with Crippen molar-refractivity contribution < 1.29 is 18.3 Å². The molecule has 0 bridgehead atoms. The number of hydrogen-bond acceptors (Lipinski definition) is 4. The first kappa shape index (κ1) is 16.7. The Morgan fingerprint density at radius 2 is 2.00 bits per heavy atom. The maximum atomic E-state index is 12.7. The van der Waals surface area contributed by atoms with Gasteiger partial charge in [-0.3, -0.25) is 9.69 Å². The molecule has 1 saturated heterocycles. The topological polar surface area (TPSA) is 77.9 Å². The Kier molecular flexibility index (Phi) is 5.27. The van der Waals surface area contributed by atoms with Crippen molar-refractivity contribution in [1.29, 1.82) is 0 Å². The van der Waals surface area contributed by atoms with E-state index in [1.807, 2.05) is 0 Å². The average molecular weight is 318 g/mol. The van der Waals surface area contributed by atoms with Crippen LogP contribution in [0.5, 0.6) is 0 Å². The number of carboxylic acids is 1. The average Bonchev–Trinajstić information content (AvgIpc) is 3.06. The summed E-state index contributed by atoms with van der Waals surface area (Å²) in [5, 5.41) is 8.45. The summed E-state index contributed by atoms with van der Waals surface area (Å²) in [5.41, 5.74) is 0. The van der Waals surface area contributed by atoms with E-state index in [1.165, 1.54) is 4.31 Å². The quantitative estimate of drug-likeness (QED) is 0.790. The van der Waals surface area contributed by atoms with E-state index < -0.39 is 27.2 Å². The minimum atomic E-state index is -3.53. The van der Waals surface area contributed by atoms with Crippen molar-refractivity contribution in [2.75, 3.05) is 26.7 Å². The zero-order valence-electron chi connectivity index (χ0n) is 12.9. The molecular formula is C14H26N2O4S. The maximum absolute atomic E-state index is 12.7. The van der Waals surface area contributed by atoms with Crippen molar-refractivity contribution in [3.8, 4) is 0 Å². The Hall–Kier alpha value is -0.660. The molecule has 3 atom stereocenters. The predicted octanol–water partition coefficient (Wildman–Crippen LogP) is 0.986. The van der Waals surface area contributed by atoms with Crippen LogP contribution in [-0.2, 0) is 14.8 Å². The molecule has 2 rings (SSSR count). The summed E-state index contributed by atoms with van der Waals surface area (Å²) < 4.78 is 26.7. The lowest BCUT2D eigenvalue weighted by Crippen LogP contribution is -2.46. The molecule has 122 valence electrons. The summed E-state index contributed by atoms with van der Waals surface area (Å²) in [6, 6.07) is 0.263. The molecule has 6 nitrogen and oxygen atoms in total. The van der Waals surface area contributed by atoms with Gasteiger partial charge in [-0.05, 0) is 38.8 Å². The minimum absolute atomic E-state index is 0.263. The van der Waals surface area contributed by atoms with Crippen molar-refractivity contribution in [3.05, 3.63) is 0 Å². The van der Waals surface area contributed by atoms with Gasteiger partial charge in [0.2, 0.25) is 10.0 Å². The zero-order chi connectivity index (χ0) is 15.6. The highest BCUT2D eigenvalue weighted by molar-refractivity contribution is 7.89. The van der Waals surface area contributed by atoms with E-state index >= 15 is 0 Å². The third-order valence-electron chi connectivity index (χ3n) is 4.96. The van der Waals surface area contributed by atoms with Crippen LogP contribution < -0.4 is 0 Å². The van der Waals surface area contributed by atoms with E-state index in [0.717, 1.165) is 25.9 Å². The summed E-state index contributed by atoms with van der Waals surface area (Å²) in [7, 11) is -1.93. The highest BCUT2D eigenvalue weighted by Crippen LogP contribution is 2.33. The molecule has 0 aromatic carbocycles. The van der Waals surface area contributed by atoms with E-state index in [0.29, 0.717) is 25.8 Å². The van der Waals surface area contributed by atoms with Crippen molar-refractivity contribution in [2.45, 2.75) is 50.3 Å². The molecule has 0 spiro atoms. The Labute approximate surface area is 127 Å². The number of likely N-dealkylation sites (N-methyl/N-ethyl adjacent to an activating group) is 2. The molecule has 3 unspecified atom stereocenters. The second-order valence-corrected chi connectivity index (χ2v) is 8.42. The van der Waals surface area contributed by atoms with E-state index in [2.05, 4.69) is 11.8 Å². The number of hydrogen-bond donors (Lipinski definition) is 1. The van der Waals surface area contributed by atoms with Crippen LogP contribution in [-0.4, -0.2) is 66.7 Å². The third-order valence-corrected chi connectivity index (χ3v) is 7.31. The van der Waals surface area contributed by atoms with Gasteiger partial charge in [0.05, 0.1) is 11.2 Å². The van der Waals surface area contributed by atoms with Crippen molar-refractivity contribution >= 4 is 16.0 Å². The van der Waals surface area contributed by atoms with Gasteiger partial charge in [0.1, 0.15) is 0 Å². The molecular weight excluding hydrogens is 292 g/mol. The van der Waals surface area contributed by atoms with Crippen LogP contribution in [0.4, 0.5) is 0 Å². The molecule has 0 amide bonds. The van der Waals surface area contributed by atoms with Crippen LogP contribution in [0.25, 0.3) is 0 Å². The Morgan fingerprint density at radius 1 is 1.29 bits per heavy atom. The van der Waals surface area contributed by atoms with Crippen LogP contribution in [0, 0.1) is 5.92 Å². The number of aliphatic carboxylic acids is 1. The lowest BCUT2D eigenvalue weighted by atomic mass is 10.1. The molecule has 0 aromatic rings. The smallest absolute Gasteiger partial charge is 0.307 e. The van der Waals surface area contributed by atoms with E-state index in [1.54, 1.807) is 7.05 Å². The van der Waals surface area contributed by atoms with E-state index in [9.17, 15) is 18.3 Å². The van der Waals surface area contributed by atoms with Gasteiger partial charge >= 0.3 is 5.97 Å². The maximum Gasteiger partial charge on any atom is 0.307 e. The summed E-state index contributed by atoms with van der Waals surface area (Å²) in [6.45, 7) is 4.51. The normalized spacial score (nSPS) is 31.1. The van der Waals surface area contributed by atoms with Crippen LogP contribution in [0.3, 0.4) is 0 Å². The molecule has 1 heterocycles. The summed E-state index contributed by atoms with van der Waals surface area (Å²) in [5.74, 6) is -1.73. The van der Waals surface area contributed by atoms with Gasteiger partial charge in [-0.15, -0.1) is 0 Å². The van der Waals surface area contributed by atoms with Gasteiger partial charge in [-0.2, -0.15) is 0 Å². The fourth-order valence-electron chi connectivity index (χ4n) is 3.72. The van der Waals surface area contributed by atoms with Crippen molar-refractivity contribution in [3.63, 3.8) is 0 Å². The summed E-state index contributed by atoms with van der Waals surface area (Å²) >= 11 is 0. The van der Waals surface area contributed by atoms with Gasteiger partial charge in [-0.25, -0.2) is 12.7 Å². The second kappa shape index (κ2) is 6.62. The molecule has 2 fully saturated rings. The fraction of sp³-hybridized carbons (Fsp3) is 0.929. The molecule has 0 radical (unpaired) electrons. The first-order chi connectivity index (χ1) is 9.87. The first-order valence-electron chi connectivity index (χ1n) is 7.80. The van der Waals surface area contributed by atoms with Gasteiger partial charge in [0.25, 0.3) is 0 Å². The van der Waals surface area contributed by atoms with Gasteiger partial charge in [0, 0.05) is 19.6 Å². The number of carboxylic acid groups (broad SMARTS) is 1. The van der Waals surface area contributed by atoms with E-state index in [4.69, 9.17) is 0 Å². The van der Waals surface area contributed by atoms with Crippen molar-refractivity contribution in [2.24, 2.45) is 5.92 Å². The fourth-order valence-corrected chi connectivity index (χ4v) is 5.69. The largest absolute Gasteiger partial charge is 0.481 e. The molecule has 7 heteroatoms. The Morgan fingerprint density at radius 3 is 2.62 bits per heavy atom. The number of likely N-dealkylation sites (tertiary alicyclic amines) is 1. The summed E-state index contributed by atoms with van der Waals surface area (Å²) in [4.78, 5) is 13.5. The highest BCUT2D eigenvalue weighted by atomic mass is 32.2. The lowest BCUT2D eigenvalue weighted by Gasteiger charge is -2.29. The number of carbonyl (C=O) groups is 1. The Bertz CT molecular complexity index is 479. The molecule has 2 aliphatic rings. The first-order valence-corrected chi connectivity index (χ1v) is 9.30. The van der Waals surface area contributed by atoms with Gasteiger partial charge in [0.15, 0.2) is 0 Å². The molecule has 0 aromatic heterocycles. The van der Waals surface area contributed by atoms with Gasteiger partial charge < -0.3 is 5.11 Å². The van der Waals surface area contributed by atoms with Gasteiger partial charge in [-0.1, -0.05) is 13.3 Å². The highest BCUT2D eigenvalue weighted by Gasteiger charge is 2.44. The van der Waals surface area contributed by atoms with Crippen molar-refractivity contribution in [1.82, 2.24) is 9.21 Å². The van der Waals surface area contributed by atoms with Crippen LogP contribution in [0.15, 0.2) is 0 Å². The second-order valence-electron chi connectivity index (χ2n) is 6.16. The Balaban J connectivity index is 2.06. The molecule has 1 N–H and O–H groups in total. The molecule has 1 aliphatic carbocycles. The van der Waals surface area contributed by atoms with Crippen LogP contribution in [0.1, 0.15) is 39.0 Å². The standard InChI is InChI=1S/C14H26N2O4S/c1-3-16-9-5-6-11(16)10-15(2)21(19,20)13-8-4-7-12(13)14(17)18/h11-13H,3-10H2,1-2H3,(H,17,18). The zero-order valence-corrected chi connectivity index (χ0v) is 13.7. The van der Waals surface area contributed by atoms with E-state index in [-0.39, 0.29) is 6.04 Å². The SMILES string of the molecule is CCN1CCCC1CN(C)S(=O)(=O)C1CCCC1C(=O)O. The number of nitrogens with zero attached hydrogens (tertiary/aromatic N) is 2. The number of sulfonamides is 1.